The molecule has 2 amide bonds. The highest BCUT2D eigenvalue weighted by molar-refractivity contribution is 5.96. The average molecular weight is 351 g/mol. The highest BCUT2D eigenvalue weighted by atomic mass is 16.6. The van der Waals surface area contributed by atoms with E-state index in [4.69, 9.17) is 4.74 Å². The molecule has 0 aliphatic heterocycles. The first-order valence-corrected chi connectivity index (χ1v) is 8.03. The van der Waals surface area contributed by atoms with Crippen molar-refractivity contribution in [3.05, 3.63) is 34.4 Å². The number of anilines is 1. The quantitative estimate of drug-likeness (QED) is 0.602. The molecule has 0 aliphatic carbocycles. The van der Waals surface area contributed by atoms with Gasteiger partial charge in [-0.05, 0) is 45.2 Å². The summed E-state index contributed by atoms with van der Waals surface area (Å²) in [6, 6.07) is 4.71. The number of alkyl carbamates (subject to hydrolysis) is 1. The number of nitro benzene ring substituents is 1. The maximum absolute atomic E-state index is 12.5. The first-order chi connectivity index (χ1) is 11.5. The fourth-order valence-corrected chi connectivity index (χ4v) is 2.05. The van der Waals surface area contributed by atoms with Crippen LogP contribution in [-0.2, 0) is 9.53 Å². The Morgan fingerprint density at radius 1 is 1.20 bits per heavy atom. The molecule has 8 heteroatoms. The van der Waals surface area contributed by atoms with Gasteiger partial charge in [0, 0.05) is 17.8 Å². The topological polar surface area (TPSA) is 111 Å². The number of nitrogens with zero attached hydrogens (tertiary/aromatic N) is 1. The Kier molecular flexibility index (Phi) is 6.90. The van der Waals surface area contributed by atoms with Crippen molar-refractivity contribution >= 4 is 23.4 Å². The van der Waals surface area contributed by atoms with Crippen molar-refractivity contribution in [3.63, 3.8) is 0 Å². The zero-order valence-electron chi connectivity index (χ0n) is 15.2. The van der Waals surface area contributed by atoms with E-state index in [-0.39, 0.29) is 11.6 Å². The van der Waals surface area contributed by atoms with Gasteiger partial charge in [0.15, 0.2) is 0 Å². The van der Waals surface area contributed by atoms with Crippen LogP contribution < -0.4 is 10.6 Å². The number of hydrogen-bond acceptors (Lipinski definition) is 5. The number of rotatable bonds is 6. The minimum absolute atomic E-state index is 0.0661. The minimum atomic E-state index is -0.773. The van der Waals surface area contributed by atoms with E-state index in [1.165, 1.54) is 24.3 Å². The number of ether oxygens (including phenoxy) is 1. The molecule has 138 valence electrons. The van der Waals surface area contributed by atoms with E-state index in [2.05, 4.69) is 10.6 Å². The summed E-state index contributed by atoms with van der Waals surface area (Å²) in [6.07, 6.45) is -0.241. The Bertz CT molecular complexity index is 620. The predicted octanol–water partition coefficient (Wildman–Crippen LogP) is 3.47. The van der Waals surface area contributed by atoms with Crippen molar-refractivity contribution in [3.8, 4) is 0 Å². The van der Waals surface area contributed by atoms with Crippen molar-refractivity contribution in [2.45, 2.75) is 52.7 Å². The fraction of sp³-hybridized carbons (Fsp3) is 0.529. The van der Waals surface area contributed by atoms with Gasteiger partial charge < -0.3 is 15.4 Å². The first-order valence-electron chi connectivity index (χ1n) is 8.03. The molecule has 0 saturated carbocycles. The molecule has 0 radical (unpaired) electrons. The summed E-state index contributed by atoms with van der Waals surface area (Å²) in [4.78, 5) is 34.5. The van der Waals surface area contributed by atoms with Crippen LogP contribution in [0.15, 0.2) is 24.3 Å². The lowest BCUT2D eigenvalue weighted by Crippen LogP contribution is -2.46. The molecule has 0 aromatic heterocycles. The van der Waals surface area contributed by atoms with Gasteiger partial charge in [-0.3, -0.25) is 14.9 Å². The van der Waals surface area contributed by atoms with E-state index in [1.807, 2.05) is 13.8 Å². The van der Waals surface area contributed by atoms with Gasteiger partial charge in [0.2, 0.25) is 5.91 Å². The summed E-state index contributed by atoms with van der Waals surface area (Å²) in [5.41, 5.74) is -0.319. The molecule has 1 aromatic carbocycles. The van der Waals surface area contributed by atoms with E-state index in [9.17, 15) is 19.7 Å². The highest BCUT2D eigenvalue weighted by Gasteiger charge is 2.25. The predicted molar refractivity (Wildman–Crippen MR) is 94.3 cm³/mol. The molecule has 25 heavy (non-hydrogen) atoms. The molecular weight excluding hydrogens is 326 g/mol. The van der Waals surface area contributed by atoms with E-state index in [1.54, 1.807) is 20.8 Å². The number of hydrogen-bond donors (Lipinski definition) is 2. The van der Waals surface area contributed by atoms with Crippen LogP contribution in [0.25, 0.3) is 0 Å². The van der Waals surface area contributed by atoms with Crippen LogP contribution in [0.2, 0.25) is 0 Å². The van der Waals surface area contributed by atoms with Crippen LogP contribution >= 0.6 is 0 Å². The van der Waals surface area contributed by atoms with E-state index in [0.29, 0.717) is 12.1 Å². The van der Waals surface area contributed by atoms with Gasteiger partial charge in [0.1, 0.15) is 11.6 Å². The van der Waals surface area contributed by atoms with Crippen LogP contribution in [0, 0.1) is 16.0 Å². The molecule has 2 N–H and O–H groups in total. The summed E-state index contributed by atoms with van der Waals surface area (Å²) < 4.78 is 5.19. The lowest BCUT2D eigenvalue weighted by Gasteiger charge is -2.24. The second kappa shape index (κ2) is 8.46. The van der Waals surface area contributed by atoms with Crippen molar-refractivity contribution < 1.29 is 19.2 Å². The van der Waals surface area contributed by atoms with Gasteiger partial charge in [-0.25, -0.2) is 4.79 Å². The third-order valence-electron chi connectivity index (χ3n) is 3.06. The number of nitrogens with one attached hydrogen (secondary N) is 2. The summed E-state index contributed by atoms with van der Waals surface area (Å²) in [6.45, 7) is 9.08. The molecule has 8 nitrogen and oxygen atoms in total. The standard InChI is InChI=1S/C17H25N3O5/c1-11(2)10-14(19-16(22)25-17(3,4)5)15(21)18-12-6-8-13(9-7-12)20(23)24/h6-9,11,14H,10H2,1-5H3,(H,18,21)(H,19,22). The van der Waals surface area contributed by atoms with Gasteiger partial charge in [0.25, 0.3) is 5.69 Å². The molecule has 0 aliphatic rings. The maximum Gasteiger partial charge on any atom is 0.408 e. The van der Waals surface area contributed by atoms with Gasteiger partial charge in [-0.1, -0.05) is 13.8 Å². The Balaban J connectivity index is 2.78. The van der Waals surface area contributed by atoms with Crippen molar-refractivity contribution in [1.29, 1.82) is 0 Å². The van der Waals surface area contributed by atoms with E-state index >= 15 is 0 Å². The number of carbonyl (C=O) groups excluding carboxylic acids is 2. The second-order valence-corrected chi connectivity index (χ2v) is 7.12. The largest absolute Gasteiger partial charge is 0.444 e. The van der Waals surface area contributed by atoms with E-state index < -0.39 is 28.6 Å². The van der Waals surface area contributed by atoms with Gasteiger partial charge in [0.05, 0.1) is 4.92 Å². The molecule has 0 heterocycles. The van der Waals surface area contributed by atoms with Crippen molar-refractivity contribution in [2.24, 2.45) is 5.92 Å². The lowest BCUT2D eigenvalue weighted by molar-refractivity contribution is -0.384. The Hall–Kier alpha value is -2.64. The lowest BCUT2D eigenvalue weighted by atomic mass is 10.0. The van der Waals surface area contributed by atoms with Gasteiger partial charge in [-0.15, -0.1) is 0 Å². The molecule has 1 aromatic rings. The second-order valence-electron chi connectivity index (χ2n) is 7.12. The fourth-order valence-electron chi connectivity index (χ4n) is 2.05. The Labute approximate surface area is 147 Å². The third-order valence-corrected chi connectivity index (χ3v) is 3.06. The van der Waals surface area contributed by atoms with Crippen LogP contribution in [-0.4, -0.2) is 28.6 Å². The first kappa shape index (κ1) is 20.4. The molecule has 0 bridgehead atoms. The summed E-state index contributed by atoms with van der Waals surface area (Å²) >= 11 is 0. The summed E-state index contributed by atoms with van der Waals surface area (Å²) in [5, 5.41) is 15.9. The maximum atomic E-state index is 12.5. The normalized spacial score (nSPS) is 12.4. The smallest absolute Gasteiger partial charge is 0.408 e. The zero-order valence-corrected chi connectivity index (χ0v) is 15.2. The van der Waals surface area contributed by atoms with Crippen LogP contribution in [0.1, 0.15) is 41.0 Å². The SMILES string of the molecule is CC(C)CC(NC(=O)OC(C)(C)C)C(=O)Nc1ccc([N+](=O)[O-])cc1. The molecule has 1 atom stereocenters. The van der Waals surface area contributed by atoms with Crippen LogP contribution in [0.3, 0.4) is 0 Å². The van der Waals surface area contributed by atoms with Crippen LogP contribution in [0.4, 0.5) is 16.2 Å². The summed E-state index contributed by atoms with van der Waals surface area (Å²) in [7, 11) is 0. The number of amides is 2. The highest BCUT2D eigenvalue weighted by Crippen LogP contribution is 2.16. The van der Waals surface area contributed by atoms with Gasteiger partial charge in [-0.2, -0.15) is 0 Å². The Morgan fingerprint density at radius 2 is 1.76 bits per heavy atom. The number of non-ortho nitro benzene ring substituents is 1. The van der Waals surface area contributed by atoms with Crippen molar-refractivity contribution in [2.75, 3.05) is 5.32 Å². The third kappa shape index (κ3) is 7.65. The number of nitro groups is 1. The van der Waals surface area contributed by atoms with Gasteiger partial charge >= 0.3 is 6.09 Å². The summed E-state index contributed by atoms with van der Waals surface area (Å²) in [5.74, 6) is -0.240. The number of carbonyl (C=O) groups is 2. The molecule has 0 fully saturated rings. The molecule has 0 saturated heterocycles. The van der Waals surface area contributed by atoms with Crippen molar-refractivity contribution in [1.82, 2.24) is 5.32 Å². The Morgan fingerprint density at radius 3 is 2.20 bits per heavy atom. The minimum Gasteiger partial charge on any atom is -0.444 e. The molecular formula is C17H25N3O5. The van der Waals surface area contributed by atoms with Crippen LogP contribution in [0.5, 0.6) is 0 Å². The molecule has 1 rings (SSSR count). The molecule has 0 spiro atoms. The molecule has 1 unspecified atom stereocenters. The zero-order chi connectivity index (χ0) is 19.2. The average Bonchev–Trinajstić information content (AvgIpc) is 2.44. The monoisotopic (exact) mass is 351 g/mol. The van der Waals surface area contributed by atoms with E-state index in [0.717, 1.165) is 0 Å². The number of benzene rings is 1.